The SMILES string of the molecule is CC(C)c1ccc2c(c1)OC1(N=[N+]=[N-])c3ccccc3C(=O)C21N=[N+]=[N-]. The molecule has 0 saturated heterocycles. The van der Waals surface area contributed by atoms with Gasteiger partial charge in [-0.15, -0.1) is 0 Å². The zero-order valence-electron chi connectivity index (χ0n) is 14.1. The third-order valence-electron chi connectivity index (χ3n) is 5.06. The van der Waals surface area contributed by atoms with Gasteiger partial charge in [0.1, 0.15) is 5.75 Å². The summed E-state index contributed by atoms with van der Waals surface area (Å²) in [5.41, 5.74) is 17.0. The van der Waals surface area contributed by atoms with Crippen LogP contribution in [0.2, 0.25) is 0 Å². The molecule has 2 unspecified atom stereocenters. The van der Waals surface area contributed by atoms with E-state index >= 15 is 0 Å². The second kappa shape index (κ2) is 5.26. The van der Waals surface area contributed by atoms with Crippen LogP contribution in [0.15, 0.2) is 52.7 Å². The topological polar surface area (TPSA) is 124 Å². The summed E-state index contributed by atoms with van der Waals surface area (Å²) >= 11 is 0. The summed E-state index contributed by atoms with van der Waals surface area (Å²) in [5.74, 6) is 0.186. The lowest BCUT2D eigenvalue weighted by Crippen LogP contribution is -2.45. The first-order valence-electron chi connectivity index (χ1n) is 8.12. The Morgan fingerprint density at radius 2 is 1.77 bits per heavy atom. The molecular formula is C18H14N6O2. The Bertz CT molecular complexity index is 1050. The number of hydrogen-bond acceptors (Lipinski definition) is 4. The molecule has 0 radical (unpaired) electrons. The van der Waals surface area contributed by atoms with Crippen molar-refractivity contribution in [3.8, 4) is 5.75 Å². The highest BCUT2D eigenvalue weighted by Gasteiger charge is 2.70. The molecule has 2 aromatic carbocycles. The van der Waals surface area contributed by atoms with Crippen molar-refractivity contribution >= 4 is 5.78 Å². The summed E-state index contributed by atoms with van der Waals surface area (Å²) in [6, 6.07) is 12.1. The quantitative estimate of drug-likeness (QED) is 0.437. The Balaban J connectivity index is 2.12. The van der Waals surface area contributed by atoms with Crippen LogP contribution < -0.4 is 4.74 Å². The minimum Gasteiger partial charge on any atom is -0.474 e. The number of hydrogen-bond donors (Lipinski definition) is 0. The third-order valence-corrected chi connectivity index (χ3v) is 5.06. The highest BCUT2D eigenvalue weighted by molar-refractivity contribution is 6.11. The number of fused-ring (bicyclic) bond motifs is 5. The maximum absolute atomic E-state index is 13.3. The lowest BCUT2D eigenvalue weighted by atomic mass is 9.82. The minimum atomic E-state index is -1.79. The van der Waals surface area contributed by atoms with Crippen LogP contribution in [0, 0.1) is 0 Å². The maximum Gasteiger partial charge on any atom is 0.236 e. The van der Waals surface area contributed by atoms with Gasteiger partial charge in [-0.05, 0) is 33.7 Å². The van der Waals surface area contributed by atoms with E-state index in [1.807, 2.05) is 19.9 Å². The molecule has 1 aliphatic heterocycles. The Morgan fingerprint density at radius 3 is 2.46 bits per heavy atom. The van der Waals surface area contributed by atoms with Crippen molar-refractivity contribution in [2.24, 2.45) is 10.2 Å². The Kier molecular flexibility index (Phi) is 3.24. The molecule has 26 heavy (non-hydrogen) atoms. The molecule has 1 heterocycles. The van der Waals surface area contributed by atoms with Crippen molar-refractivity contribution < 1.29 is 9.53 Å². The molecule has 0 saturated carbocycles. The molecule has 0 fully saturated rings. The first-order chi connectivity index (χ1) is 12.5. The molecule has 2 aromatic rings. The maximum atomic E-state index is 13.3. The molecule has 4 rings (SSSR count). The van der Waals surface area contributed by atoms with Gasteiger partial charge in [-0.2, -0.15) is 0 Å². The van der Waals surface area contributed by atoms with Gasteiger partial charge in [0.15, 0.2) is 11.3 Å². The molecule has 1 aliphatic carbocycles. The van der Waals surface area contributed by atoms with E-state index in [1.54, 1.807) is 36.4 Å². The second-order valence-corrected chi connectivity index (χ2v) is 6.62. The average Bonchev–Trinajstić information content (AvgIpc) is 3.02. The molecule has 0 amide bonds. The highest BCUT2D eigenvalue weighted by atomic mass is 16.5. The standard InChI is InChI=1S/C18H14N6O2/c1-10(2)11-7-8-14-15(9-11)26-18(22-24-20)13-6-4-3-5-12(13)16(25)17(14,18)21-23-19/h3-10H,1-2H3. The Labute approximate surface area is 148 Å². The van der Waals surface area contributed by atoms with Gasteiger partial charge in [-0.1, -0.05) is 55.4 Å². The van der Waals surface area contributed by atoms with Crippen LogP contribution >= 0.6 is 0 Å². The molecule has 2 aliphatic rings. The van der Waals surface area contributed by atoms with Crippen LogP contribution in [0.4, 0.5) is 0 Å². The lowest BCUT2D eigenvalue weighted by Gasteiger charge is -2.30. The Morgan fingerprint density at radius 1 is 1.04 bits per heavy atom. The number of azide groups is 2. The summed E-state index contributed by atoms with van der Waals surface area (Å²) in [7, 11) is 0. The largest absolute Gasteiger partial charge is 0.474 e. The molecule has 0 spiro atoms. The van der Waals surface area contributed by atoms with E-state index in [-0.39, 0.29) is 5.92 Å². The predicted octanol–water partition coefficient (Wildman–Crippen LogP) is 5.07. The zero-order chi connectivity index (χ0) is 18.5. The minimum absolute atomic E-state index is 0.234. The summed E-state index contributed by atoms with van der Waals surface area (Å²) in [6.07, 6.45) is 0. The van der Waals surface area contributed by atoms with Crippen LogP contribution in [0.3, 0.4) is 0 Å². The van der Waals surface area contributed by atoms with Gasteiger partial charge in [0.05, 0.1) is 0 Å². The number of carbonyl (C=O) groups excluding carboxylic acids is 1. The van der Waals surface area contributed by atoms with Crippen LogP contribution in [-0.2, 0) is 11.3 Å². The zero-order valence-corrected chi connectivity index (χ0v) is 14.1. The fourth-order valence-electron chi connectivity index (χ4n) is 3.84. The number of ketones is 1. The van der Waals surface area contributed by atoms with E-state index in [9.17, 15) is 15.9 Å². The van der Waals surface area contributed by atoms with Crippen molar-refractivity contribution in [1.82, 2.24) is 0 Å². The second-order valence-electron chi connectivity index (χ2n) is 6.62. The van der Waals surface area contributed by atoms with Gasteiger partial charge < -0.3 is 4.74 Å². The first-order valence-corrected chi connectivity index (χ1v) is 8.12. The Hall–Kier alpha value is -3.47. The summed E-state index contributed by atoms with van der Waals surface area (Å²) in [5, 5.41) is 7.72. The number of ether oxygens (including phenoxy) is 1. The van der Waals surface area contributed by atoms with E-state index in [4.69, 9.17) is 4.74 Å². The molecule has 0 N–H and O–H groups in total. The normalized spacial score (nSPS) is 24.8. The van der Waals surface area contributed by atoms with Gasteiger partial charge in [0, 0.05) is 26.5 Å². The van der Waals surface area contributed by atoms with E-state index in [0.717, 1.165) is 5.56 Å². The summed E-state index contributed by atoms with van der Waals surface area (Å²) in [4.78, 5) is 19.1. The van der Waals surface area contributed by atoms with Crippen molar-refractivity contribution in [2.45, 2.75) is 31.0 Å². The van der Waals surface area contributed by atoms with Crippen LogP contribution in [0.1, 0.15) is 46.8 Å². The molecule has 8 nitrogen and oxygen atoms in total. The number of Topliss-reactive ketones (excluding diaryl/α,β-unsaturated/α-hetero) is 1. The molecule has 8 heteroatoms. The summed E-state index contributed by atoms with van der Waals surface area (Å²) in [6.45, 7) is 4.06. The number of nitrogens with zero attached hydrogens (tertiary/aromatic N) is 6. The van der Waals surface area contributed by atoms with Gasteiger partial charge in [-0.25, -0.2) is 0 Å². The van der Waals surface area contributed by atoms with Gasteiger partial charge in [0.2, 0.25) is 5.72 Å². The van der Waals surface area contributed by atoms with E-state index in [0.29, 0.717) is 22.4 Å². The van der Waals surface area contributed by atoms with Crippen LogP contribution in [-0.4, -0.2) is 5.78 Å². The van der Waals surface area contributed by atoms with E-state index in [2.05, 4.69) is 20.1 Å². The third kappa shape index (κ3) is 1.67. The van der Waals surface area contributed by atoms with Crippen molar-refractivity contribution in [2.75, 3.05) is 0 Å². The fraction of sp³-hybridized carbons (Fsp3) is 0.278. The molecular weight excluding hydrogens is 332 g/mol. The van der Waals surface area contributed by atoms with Gasteiger partial charge in [0.25, 0.3) is 0 Å². The fourth-order valence-corrected chi connectivity index (χ4v) is 3.84. The number of rotatable bonds is 3. The van der Waals surface area contributed by atoms with Crippen molar-refractivity contribution in [1.29, 1.82) is 0 Å². The van der Waals surface area contributed by atoms with Crippen LogP contribution in [0.25, 0.3) is 20.9 Å². The van der Waals surface area contributed by atoms with Crippen LogP contribution in [0.5, 0.6) is 5.75 Å². The highest BCUT2D eigenvalue weighted by Crippen LogP contribution is 2.62. The van der Waals surface area contributed by atoms with Crippen molar-refractivity contribution in [3.63, 3.8) is 0 Å². The molecule has 2 atom stereocenters. The smallest absolute Gasteiger partial charge is 0.236 e. The molecule has 0 aromatic heterocycles. The average molecular weight is 346 g/mol. The predicted molar refractivity (Wildman–Crippen MR) is 93.6 cm³/mol. The first kappa shape index (κ1) is 16.0. The number of benzene rings is 2. The molecule has 128 valence electrons. The van der Waals surface area contributed by atoms with Gasteiger partial charge >= 0.3 is 0 Å². The van der Waals surface area contributed by atoms with Crippen molar-refractivity contribution in [3.05, 3.63) is 85.6 Å². The van der Waals surface area contributed by atoms with E-state index < -0.39 is 17.0 Å². The van der Waals surface area contributed by atoms with E-state index in [1.165, 1.54) is 0 Å². The lowest BCUT2D eigenvalue weighted by molar-refractivity contribution is 0.0327. The summed E-state index contributed by atoms with van der Waals surface area (Å²) < 4.78 is 6.10. The molecule has 0 bridgehead atoms. The number of carbonyl (C=O) groups is 1. The van der Waals surface area contributed by atoms with Gasteiger partial charge in [-0.3, -0.25) is 4.79 Å². The monoisotopic (exact) mass is 346 g/mol.